The molecular formula is C33H41F3N8O2. The van der Waals surface area contributed by atoms with Gasteiger partial charge in [-0.2, -0.15) is 23.1 Å². The zero-order chi connectivity index (χ0) is 32.4. The molecule has 6 rings (SSSR count). The van der Waals surface area contributed by atoms with Gasteiger partial charge < -0.3 is 24.3 Å². The van der Waals surface area contributed by atoms with Gasteiger partial charge in [-0.1, -0.05) is 18.2 Å². The van der Waals surface area contributed by atoms with Crippen LogP contribution in [-0.2, 0) is 19.3 Å². The average molecular weight is 639 g/mol. The van der Waals surface area contributed by atoms with Crippen LogP contribution in [-0.4, -0.2) is 87.5 Å². The predicted molar refractivity (Wildman–Crippen MR) is 171 cm³/mol. The molecule has 4 aromatic rings. The number of aromatic nitrogens is 4. The minimum Gasteiger partial charge on any atom is -0.454 e. The van der Waals surface area contributed by atoms with E-state index in [1.165, 1.54) is 17.7 Å². The maximum atomic E-state index is 13.1. The smallest absolute Gasteiger partial charge is 0.416 e. The van der Waals surface area contributed by atoms with E-state index in [0.29, 0.717) is 48.1 Å². The molecule has 2 aromatic carbocycles. The van der Waals surface area contributed by atoms with Gasteiger partial charge in [0.2, 0.25) is 12.7 Å². The normalized spacial score (nSPS) is 15.6. The quantitative estimate of drug-likeness (QED) is 0.230. The fourth-order valence-corrected chi connectivity index (χ4v) is 6.13. The zero-order valence-electron chi connectivity index (χ0n) is 26.7. The number of ether oxygens (including phenoxy) is 2. The van der Waals surface area contributed by atoms with Crippen LogP contribution in [0.2, 0.25) is 0 Å². The van der Waals surface area contributed by atoms with Gasteiger partial charge in [0.1, 0.15) is 0 Å². The summed E-state index contributed by atoms with van der Waals surface area (Å²) in [4.78, 5) is 21.5. The predicted octanol–water partition coefficient (Wildman–Crippen LogP) is 5.48. The number of halogens is 3. The summed E-state index contributed by atoms with van der Waals surface area (Å²) in [7, 11) is 0. The molecule has 0 unspecified atom stereocenters. The summed E-state index contributed by atoms with van der Waals surface area (Å²) in [6.07, 6.45) is -2.69. The van der Waals surface area contributed by atoms with Crippen LogP contribution in [0.4, 0.5) is 24.9 Å². The summed E-state index contributed by atoms with van der Waals surface area (Å²) >= 11 is 0. The number of benzene rings is 2. The Balaban J connectivity index is 1.21. The minimum atomic E-state index is -4.38. The van der Waals surface area contributed by atoms with Gasteiger partial charge in [0, 0.05) is 57.9 Å². The topological polar surface area (TPSA) is 83.8 Å². The number of hydrogen-bond donors (Lipinski definition) is 1. The first-order chi connectivity index (χ1) is 22.0. The van der Waals surface area contributed by atoms with Crippen LogP contribution in [0.25, 0.3) is 11.2 Å². The third kappa shape index (κ3) is 7.15. The molecule has 2 aromatic heterocycles. The number of hydrogen-bond acceptors (Lipinski definition) is 9. The number of piperazine rings is 1. The molecule has 0 spiro atoms. The van der Waals surface area contributed by atoms with E-state index in [9.17, 15) is 13.2 Å². The summed E-state index contributed by atoms with van der Waals surface area (Å²) in [5.74, 6) is 2.83. The molecule has 0 saturated carbocycles. The molecular weight excluding hydrogens is 597 g/mol. The Kier molecular flexibility index (Phi) is 9.23. The van der Waals surface area contributed by atoms with E-state index in [4.69, 9.17) is 19.4 Å². The van der Waals surface area contributed by atoms with Crippen molar-refractivity contribution in [1.29, 1.82) is 0 Å². The molecule has 0 bridgehead atoms. The first-order valence-electron chi connectivity index (χ1n) is 15.8. The number of fused-ring (bicyclic) bond motifs is 2. The van der Waals surface area contributed by atoms with Crippen LogP contribution in [0.1, 0.15) is 44.4 Å². The summed E-state index contributed by atoms with van der Waals surface area (Å²) in [5, 5.41) is 3.52. The van der Waals surface area contributed by atoms with Crippen LogP contribution in [0, 0.1) is 0 Å². The third-order valence-electron chi connectivity index (χ3n) is 8.57. The van der Waals surface area contributed by atoms with Crippen molar-refractivity contribution >= 4 is 22.9 Å². The van der Waals surface area contributed by atoms with Crippen molar-refractivity contribution in [1.82, 2.24) is 29.3 Å². The molecule has 4 heterocycles. The third-order valence-corrected chi connectivity index (χ3v) is 8.57. The van der Waals surface area contributed by atoms with Gasteiger partial charge in [-0.3, -0.25) is 9.80 Å². The summed E-state index contributed by atoms with van der Waals surface area (Å²) in [6, 6.07) is 12.1. The highest BCUT2D eigenvalue weighted by Crippen LogP contribution is 2.33. The Morgan fingerprint density at radius 2 is 1.57 bits per heavy atom. The molecule has 2 aliphatic rings. The minimum absolute atomic E-state index is 0.260. The maximum absolute atomic E-state index is 13.1. The Bertz CT molecular complexity index is 1620. The number of nitrogens with zero attached hydrogens (tertiary/aromatic N) is 7. The highest BCUT2D eigenvalue weighted by molar-refractivity contribution is 5.84. The highest BCUT2D eigenvalue weighted by atomic mass is 19.4. The lowest BCUT2D eigenvalue weighted by molar-refractivity contribution is -0.137. The highest BCUT2D eigenvalue weighted by Gasteiger charge is 2.30. The molecule has 1 saturated heterocycles. The van der Waals surface area contributed by atoms with Crippen LogP contribution < -0.4 is 19.7 Å². The second-order valence-corrected chi connectivity index (χ2v) is 12.4. The molecule has 2 aliphatic heterocycles. The first-order valence-corrected chi connectivity index (χ1v) is 15.8. The lowest BCUT2D eigenvalue weighted by Crippen LogP contribution is -2.46. The number of imidazole rings is 1. The summed E-state index contributed by atoms with van der Waals surface area (Å²) in [5.41, 5.74) is 2.50. The molecule has 1 fully saturated rings. The second kappa shape index (κ2) is 13.3. The molecule has 10 nitrogen and oxygen atoms in total. The van der Waals surface area contributed by atoms with Crippen molar-refractivity contribution < 1.29 is 22.6 Å². The van der Waals surface area contributed by atoms with Crippen molar-refractivity contribution in [3.8, 4) is 11.5 Å². The molecule has 246 valence electrons. The lowest BCUT2D eigenvalue weighted by atomic mass is 10.1. The van der Waals surface area contributed by atoms with Gasteiger partial charge >= 0.3 is 6.18 Å². The van der Waals surface area contributed by atoms with Crippen LogP contribution >= 0.6 is 0 Å². The van der Waals surface area contributed by atoms with Crippen molar-refractivity contribution in [2.45, 2.75) is 59.0 Å². The van der Waals surface area contributed by atoms with E-state index >= 15 is 0 Å². The molecule has 46 heavy (non-hydrogen) atoms. The van der Waals surface area contributed by atoms with E-state index in [-0.39, 0.29) is 6.79 Å². The summed E-state index contributed by atoms with van der Waals surface area (Å²) in [6.45, 7) is 14.8. The standard InChI is InChI=1S/C33H41F3N8O2/c1-22(2)44(23(3)4)12-11-37-30-29-31(43(20-38-29)19-24-5-8-26(9-6-24)33(34,35)36)40-32(39-30)42-15-13-41(14-16-42)18-25-7-10-27-28(17-25)46-21-45-27/h5-10,17,20,22-23H,11-16,18-19,21H2,1-4H3,(H,37,39,40). The molecule has 0 radical (unpaired) electrons. The van der Waals surface area contributed by atoms with Gasteiger partial charge in [-0.25, -0.2) is 4.98 Å². The first kappa shape index (κ1) is 31.9. The van der Waals surface area contributed by atoms with Gasteiger partial charge in [-0.05, 0) is 63.1 Å². The number of anilines is 2. The van der Waals surface area contributed by atoms with Crippen LogP contribution in [0.15, 0.2) is 48.8 Å². The molecule has 0 atom stereocenters. The Labute approximate surface area is 267 Å². The van der Waals surface area contributed by atoms with Gasteiger partial charge in [-0.15, -0.1) is 0 Å². The van der Waals surface area contributed by atoms with Crippen molar-refractivity contribution in [3.05, 3.63) is 65.5 Å². The van der Waals surface area contributed by atoms with Crippen molar-refractivity contribution in [2.75, 3.05) is 56.3 Å². The van der Waals surface area contributed by atoms with E-state index in [1.54, 1.807) is 6.33 Å². The van der Waals surface area contributed by atoms with Gasteiger partial charge in [0.25, 0.3) is 0 Å². The van der Waals surface area contributed by atoms with E-state index in [2.05, 4.69) is 58.8 Å². The van der Waals surface area contributed by atoms with Crippen molar-refractivity contribution in [2.24, 2.45) is 0 Å². The van der Waals surface area contributed by atoms with Crippen LogP contribution in [0.3, 0.4) is 0 Å². The fraction of sp³-hybridized carbons (Fsp3) is 0.485. The Morgan fingerprint density at radius 3 is 2.26 bits per heavy atom. The monoisotopic (exact) mass is 638 g/mol. The second-order valence-electron chi connectivity index (χ2n) is 12.4. The molecule has 0 aliphatic carbocycles. The van der Waals surface area contributed by atoms with Gasteiger partial charge in [0.05, 0.1) is 18.4 Å². The fourth-order valence-electron chi connectivity index (χ4n) is 6.13. The zero-order valence-corrected chi connectivity index (χ0v) is 26.7. The average Bonchev–Trinajstić information content (AvgIpc) is 3.66. The van der Waals surface area contributed by atoms with Crippen LogP contribution in [0.5, 0.6) is 11.5 Å². The SMILES string of the molecule is CC(C)N(CCNc1nc(N2CCN(Cc3ccc4c(c3)OCO4)CC2)nc2c1ncn2Cc1ccc(C(F)(F)F)cc1)C(C)C. The Hall–Kier alpha value is -4.10. The number of rotatable bonds is 11. The van der Waals surface area contributed by atoms with E-state index < -0.39 is 11.7 Å². The number of alkyl halides is 3. The maximum Gasteiger partial charge on any atom is 0.416 e. The molecule has 0 amide bonds. The molecule has 1 N–H and O–H groups in total. The molecule has 13 heteroatoms. The van der Waals surface area contributed by atoms with E-state index in [1.807, 2.05) is 16.7 Å². The summed E-state index contributed by atoms with van der Waals surface area (Å²) < 4.78 is 52.3. The Morgan fingerprint density at radius 1 is 0.870 bits per heavy atom. The number of nitrogens with one attached hydrogen (secondary N) is 1. The van der Waals surface area contributed by atoms with E-state index in [0.717, 1.165) is 68.5 Å². The van der Waals surface area contributed by atoms with Gasteiger partial charge in [0.15, 0.2) is 28.5 Å². The lowest BCUT2D eigenvalue weighted by Gasteiger charge is -2.35. The van der Waals surface area contributed by atoms with Crippen molar-refractivity contribution in [3.63, 3.8) is 0 Å². The largest absolute Gasteiger partial charge is 0.454 e.